The Bertz CT molecular complexity index is 4420. The first kappa shape index (κ1) is 77.3. The van der Waals surface area contributed by atoms with E-state index >= 15 is 0 Å². The molecule has 0 aromatic heterocycles. The van der Waals surface area contributed by atoms with Crippen molar-refractivity contribution in [2.24, 2.45) is 0 Å². The molecular weight excluding hydrogens is 1250 g/mol. The summed E-state index contributed by atoms with van der Waals surface area (Å²) in [5.74, 6) is 4.51. The van der Waals surface area contributed by atoms with Crippen LogP contribution in [0.25, 0.3) is 0 Å². The number of aromatic hydroxyl groups is 3. The van der Waals surface area contributed by atoms with Gasteiger partial charge in [-0.1, -0.05) is 263 Å². The van der Waals surface area contributed by atoms with Crippen molar-refractivity contribution in [3.63, 3.8) is 0 Å². The number of methoxy groups -OCH3 is 5. The fourth-order valence-corrected chi connectivity index (χ4v) is 14.6. The fraction of sp³-hybridized carbons (Fsp3) is 0.484. The number of hydrogen-bond donors (Lipinski definition) is 3. The first-order valence-electron chi connectivity index (χ1n) is 36.6. The minimum atomic E-state index is -0.302. The lowest BCUT2D eigenvalue weighted by Crippen LogP contribution is -2.16. The summed E-state index contributed by atoms with van der Waals surface area (Å²) in [6.07, 6.45) is 3.37. The Labute approximate surface area is 608 Å². The standard InChI is InChI=1S/C93H122O8/c1-86(2,3)70-38-54-30-55-39-71(87(4,5)6)41-57(79(55)95)32-62-46-74(90(13,14)15)48-64(82(62)98-26)35-66-50-76(92(19,20)21)52-68(84(66)100-28)37-69-53-77(93(22,23)24)51-67(85(69)101-29)36-65-49-75(91(16,17)18)47-63(83(65)99-27)34-59-43-72(88(7,8)9)42-58(80(59)96)33-61-45-73(89(10,11)12)44-60(81(61)97-25)31-56(40-70)78(54)94/h38-53,94-96H,30-37H2,1-29H3. The summed E-state index contributed by atoms with van der Waals surface area (Å²) >= 11 is 0. The Morgan fingerprint density at radius 1 is 0.178 bits per heavy atom. The van der Waals surface area contributed by atoms with Crippen molar-refractivity contribution >= 4 is 0 Å². The molecule has 0 spiro atoms. The van der Waals surface area contributed by atoms with Gasteiger partial charge in [-0.15, -0.1) is 0 Å². The quantitative estimate of drug-likeness (QED) is 0.156. The molecular formula is C93H122O8. The number of hydrogen-bond acceptors (Lipinski definition) is 8. The second-order valence-corrected chi connectivity index (χ2v) is 37.5. The van der Waals surface area contributed by atoms with Crippen LogP contribution in [0.4, 0.5) is 0 Å². The smallest absolute Gasteiger partial charge is 0.125 e. The zero-order valence-electron chi connectivity index (χ0n) is 67.3. The summed E-state index contributed by atoms with van der Waals surface area (Å²) in [5, 5.41) is 39.2. The zero-order valence-corrected chi connectivity index (χ0v) is 67.3. The third-order valence-electron chi connectivity index (χ3n) is 21.0. The SMILES string of the molecule is COc1c2cc(C(C)(C)C)cc1Cc1cc(C(C)(C)C)cc(c1O)Cc1cc(C(C)(C)C)cc(c1OC)Cc1cc(C(C)(C)C)cc(c1OC)Cc1cc(C(C)(C)C)cc(c1OC)Cc1cc(C(C)(C)C)cc(c1OC)Cc1cc(C(C)(C)C)cc(c1O)Cc1cc(C(C)(C)C)cc(c1O)C2. The van der Waals surface area contributed by atoms with Gasteiger partial charge in [0.1, 0.15) is 46.0 Å². The first-order valence-corrected chi connectivity index (χ1v) is 36.6. The molecule has 1 aliphatic rings. The summed E-state index contributed by atoms with van der Waals surface area (Å²) in [6, 6.07) is 36.0. The Morgan fingerprint density at radius 3 is 0.366 bits per heavy atom. The van der Waals surface area contributed by atoms with E-state index in [0.717, 1.165) is 145 Å². The Kier molecular flexibility index (Phi) is 21.5. The predicted octanol–water partition coefficient (Wildman–Crippen LogP) is 22.3. The lowest BCUT2D eigenvalue weighted by molar-refractivity contribution is 0.396. The number of ether oxygens (including phenoxy) is 5. The molecule has 0 saturated heterocycles. The normalized spacial score (nSPS) is 14.0. The number of rotatable bonds is 5. The van der Waals surface area contributed by atoms with E-state index in [1.807, 2.05) is 0 Å². The van der Waals surface area contributed by atoms with Crippen molar-refractivity contribution in [2.75, 3.05) is 35.5 Å². The van der Waals surface area contributed by atoms with Crippen molar-refractivity contribution in [3.8, 4) is 46.0 Å². The van der Waals surface area contributed by atoms with Crippen molar-refractivity contribution < 1.29 is 39.0 Å². The predicted molar refractivity (Wildman–Crippen MR) is 421 cm³/mol. The topological polar surface area (TPSA) is 107 Å². The molecule has 16 bridgehead atoms. The molecule has 101 heavy (non-hydrogen) atoms. The zero-order chi connectivity index (χ0) is 75.0. The highest BCUT2D eigenvalue weighted by molar-refractivity contribution is 5.63. The summed E-state index contributed by atoms with van der Waals surface area (Å²) in [5.41, 5.74) is 21.6. The van der Waals surface area contributed by atoms with E-state index in [1.165, 1.54) is 11.1 Å². The van der Waals surface area contributed by atoms with Crippen LogP contribution in [0.3, 0.4) is 0 Å². The van der Waals surface area contributed by atoms with Crippen LogP contribution in [0.1, 0.15) is 300 Å². The lowest BCUT2D eigenvalue weighted by atomic mass is 9.79. The summed E-state index contributed by atoms with van der Waals surface area (Å²) < 4.78 is 33.4. The largest absolute Gasteiger partial charge is 0.507 e. The van der Waals surface area contributed by atoms with Crippen LogP contribution in [0.5, 0.6) is 46.0 Å². The fourth-order valence-electron chi connectivity index (χ4n) is 14.6. The van der Waals surface area contributed by atoms with Gasteiger partial charge in [0.05, 0.1) is 35.5 Å². The molecule has 3 N–H and O–H groups in total. The van der Waals surface area contributed by atoms with E-state index in [-0.39, 0.29) is 67.0 Å². The number of benzene rings is 8. The molecule has 0 atom stereocenters. The van der Waals surface area contributed by atoms with Crippen LogP contribution < -0.4 is 23.7 Å². The van der Waals surface area contributed by atoms with Gasteiger partial charge in [0.25, 0.3) is 0 Å². The molecule has 542 valence electrons. The Balaban J connectivity index is 1.39. The van der Waals surface area contributed by atoms with Crippen LogP contribution in [-0.4, -0.2) is 50.9 Å². The monoisotopic (exact) mass is 1370 g/mol. The van der Waals surface area contributed by atoms with E-state index in [9.17, 15) is 15.3 Å². The van der Waals surface area contributed by atoms with Gasteiger partial charge < -0.3 is 39.0 Å². The molecule has 8 nitrogen and oxygen atoms in total. The molecule has 0 heterocycles. The second-order valence-electron chi connectivity index (χ2n) is 37.5. The molecule has 0 saturated carbocycles. The summed E-state index contributed by atoms with van der Waals surface area (Å²) in [4.78, 5) is 0. The Hall–Kier alpha value is -7.84. The van der Waals surface area contributed by atoms with E-state index in [0.29, 0.717) is 50.7 Å². The van der Waals surface area contributed by atoms with Gasteiger partial charge >= 0.3 is 0 Å². The maximum absolute atomic E-state index is 13.1. The second kappa shape index (κ2) is 28.1. The van der Waals surface area contributed by atoms with Gasteiger partial charge in [0.15, 0.2) is 0 Å². The molecule has 8 heteroatoms. The van der Waals surface area contributed by atoms with Crippen LogP contribution >= 0.6 is 0 Å². The lowest BCUT2D eigenvalue weighted by Gasteiger charge is -2.28. The number of fused-ring (bicyclic) bond motifs is 16. The minimum absolute atomic E-state index is 0.186. The third-order valence-corrected chi connectivity index (χ3v) is 21.0. The molecule has 0 fully saturated rings. The van der Waals surface area contributed by atoms with Crippen molar-refractivity contribution in [1.82, 2.24) is 0 Å². The van der Waals surface area contributed by atoms with Gasteiger partial charge in [-0.2, -0.15) is 0 Å². The van der Waals surface area contributed by atoms with Crippen molar-refractivity contribution in [1.29, 1.82) is 0 Å². The highest BCUT2D eigenvalue weighted by Crippen LogP contribution is 2.48. The van der Waals surface area contributed by atoms with Crippen LogP contribution in [0.15, 0.2) is 97.1 Å². The molecule has 0 radical (unpaired) electrons. The minimum Gasteiger partial charge on any atom is -0.507 e. The number of phenolic OH excluding ortho intramolecular Hbond substituents is 3. The average Bonchev–Trinajstić information content (AvgIpc) is 0.776. The van der Waals surface area contributed by atoms with Gasteiger partial charge in [0.2, 0.25) is 0 Å². The van der Waals surface area contributed by atoms with Gasteiger partial charge in [-0.3, -0.25) is 0 Å². The van der Waals surface area contributed by atoms with E-state index in [1.54, 1.807) is 35.5 Å². The van der Waals surface area contributed by atoms with E-state index in [2.05, 4.69) is 263 Å². The maximum atomic E-state index is 13.1. The summed E-state index contributed by atoms with van der Waals surface area (Å²) in [6.45, 7) is 53.9. The highest BCUT2D eigenvalue weighted by Gasteiger charge is 2.32. The first-order chi connectivity index (χ1) is 46.5. The third kappa shape index (κ3) is 17.0. The molecule has 9 rings (SSSR count). The van der Waals surface area contributed by atoms with Gasteiger partial charge in [0, 0.05) is 51.4 Å². The van der Waals surface area contributed by atoms with Gasteiger partial charge in [-0.05, 0) is 177 Å². The molecule has 8 aromatic carbocycles. The van der Waals surface area contributed by atoms with Crippen LogP contribution in [0, 0.1) is 0 Å². The molecule has 0 aliphatic heterocycles. The number of phenols is 3. The van der Waals surface area contributed by atoms with Gasteiger partial charge in [-0.25, -0.2) is 0 Å². The molecule has 1 aliphatic carbocycles. The Morgan fingerprint density at radius 2 is 0.267 bits per heavy atom. The van der Waals surface area contributed by atoms with Crippen LogP contribution in [0.2, 0.25) is 0 Å². The van der Waals surface area contributed by atoms with Crippen LogP contribution in [-0.2, 0) is 94.7 Å². The maximum Gasteiger partial charge on any atom is 0.125 e. The molecule has 8 aromatic rings. The molecule has 0 amide bonds. The average molecular weight is 1370 g/mol. The summed E-state index contributed by atoms with van der Waals surface area (Å²) in [7, 11) is 8.87. The van der Waals surface area contributed by atoms with E-state index in [4.69, 9.17) is 23.7 Å². The van der Waals surface area contributed by atoms with Crippen molar-refractivity contribution in [3.05, 3.63) is 231 Å². The van der Waals surface area contributed by atoms with E-state index < -0.39 is 0 Å². The molecule has 0 unspecified atom stereocenters. The van der Waals surface area contributed by atoms with Crippen molar-refractivity contribution in [2.45, 2.75) is 261 Å². The highest BCUT2D eigenvalue weighted by atomic mass is 16.5.